The number of rotatable bonds is 6. The first kappa shape index (κ1) is 18.5. The number of nitrogens with zero attached hydrogens (tertiary/aromatic N) is 1. The van der Waals surface area contributed by atoms with Crippen molar-refractivity contribution in [3.05, 3.63) is 65.7 Å². The molecule has 1 heterocycles. The molecule has 2 aromatic carbocycles. The van der Waals surface area contributed by atoms with Crippen molar-refractivity contribution in [1.29, 1.82) is 5.26 Å². The van der Waals surface area contributed by atoms with Crippen molar-refractivity contribution >= 4 is 10.0 Å². The zero-order valence-corrected chi connectivity index (χ0v) is 15.2. The van der Waals surface area contributed by atoms with Crippen LogP contribution in [0.2, 0.25) is 0 Å². The predicted octanol–water partition coefficient (Wildman–Crippen LogP) is 0.493. The molecule has 6 nitrogen and oxygen atoms in total. The van der Waals surface area contributed by atoms with Crippen LogP contribution in [0.1, 0.15) is 17.2 Å². The first-order chi connectivity index (χ1) is 12.6. The summed E-state index contributed by atoms with van der Waals surface area (Å²) < 4.78 is 33.9. The summed E-state index contributed by atoms with van der Waals surface area (Å²) in [7, 11) is -3.69. The number of sulfonamides is 1. The van der Waals surface area contributed by atoms with E-state index in [1.165, 1.54) is 29.2 Å². The van der Waals surface area contributed by atoms with Crippen molar-refractivity contribution in [2.75, 3.05) is 32.8 Å². The molecule has 1 aliphatic rings. The van der Waals surface area contributed by atoms with E-state index in [1.807, 2.05) is 36.4 Å². The summed E-state index contributed by atoms with van der Waals surface area (Å²) in [6.45, 7) is 3.77. The van der Waals surface area contributed by atoms with Crippen molar-refractivity contribution in [3.8, 4) is 6.07 Å². The predicted molar refractivity (Wildman–Crippen MR) is 97.0 cm³/mol. The number of ether oxygens (including phenoxy) is 1. The van der Waals surface area contributed by atoms with E-state index in [0.29, 0.717) is 25.3 Å². The molecular formula is C19H22N3O3S+. The number of quaternary nitrogens is 1. The number of morpholine rings is 1. The Bertz CT molecular complexity index is 855. The van der Waals surface area contributed by atoms with Crippen LogP contribution in [-0.4, -0.2) is 41.3 Å². The molecule has 0 spiro atoms. The van der Waals surface area contributed by atoms with E-state index >= 15 is 0 Å². The molecule has 3 rings (SSSR count). The quantitative estimate of drug-likeness (QED) is 0.773. The molecule has 0 unspecified atom stereocenters. The minimum atomic E-state index is -3.69. The molecule has 1 atom stereocenters. The fourth-order valence-corrected chi connectivity index (χ4v) is 4.25. The monoisotopic (exact) mass is 372 g/mol. The Morgan fingerprint density at radius 3 is 2.35 bits per heavy atom. The molecule has 7 heteroatoms. The summed E-state index contributed by atoms with van der Waals surface area (Å²) in [5.41, 5.74) is 1.37. The highest BCUT2D eigenvalue weighted by Gasteiger charge is 2.26. The third kappa shape index (κ3) is 4.68. The Balaban J connectivity index is 1.82. The molecule has 136 valence electrons. The van der Waals surface area contributed by atoms with Gasteiger partial charge in [-0.15, -0.1) is 0 Å². The molecule has 2 N–H and O–H groups in total. The minimum absolute atomic E-state index is 0.161. The normalized spacial score (nSPS) is 16.7. The summed E-state index contributed by atoms with van der Waals surface area (Å²) >= 11 is 0. The maximum atomic E-state index is 12.8. The molecule has 0 amide bonds. The number of benzene rings is 2. The number of hydrogen-bond acceptors (Lipinski definition) is 4. The second kappa shape index (κ2) is 8.43. The highest BCUT2D eigenvalue weighted by Crippen LogP contribution is 2.17. The van der Waals surface area contributed by atoms with Gasteiger partial charge < -0.3 is 9.64 Å². The molecule has 0 bridgehead atoms. The molecule has 1 saturated heterocycles. The first-order valence-corrected chi connectivity index (χ1v) is 10.1. The third-order valence-electron chi connectivity index (χ3n) is 4.49. The molecule has 0 aromatic heterocycles. The van der Waals surface area contributed by atoms with Gasteiger partial charge in [0.2, 0.25) is 10.0 Å². The smallest absolute Gasteiger partial charge is 0.241 e. The lowest BCUT2D eigenvalue weighted by Gasteiger charge is -2.28. The van der Waals surface area contributed by atoms with Gasteiger partial charge in [-0.3, -0.25) is 0 Å². The van der Waals surface area contributed by atoms with E-state index in [2.05, 4.69) is 4.72 Å². The van der Waals surface area contributed by atoms with E-state index < -0.39 is 10.0 Å². The molecule has 1 aliphatic heterocycles. The molecule has 2 aromatic rings. The number of nitriles is 1. The highest BCUT2D eigenvalue weighted by atomic mass is 32.2. The van der Waals surface area contributed by atoms with Crippen LogP contribution in [0.4, 0.5) is 0 Å². The fourth-order valence-electron chi connectivity index (χ4n) is 3.03. The molecule has 0 radical (unpaired) electrons. The van der Waals surface area contributed by atoms with Gasteiger partial charge in [0.15, 0.2) is 0 Å². The van der Waals surface area contributed by atoms with E-state index in [9.17, 15) is 8.42 Å². The van der Waals surface area contributed by atoms with Gasteiger partial charge in [-0.25, -0.2) is 8.42 Å². The van der Waals surface area contributed by atoms with Gasteiger partial charge in [0.25, 0.3) is 0 Å². The van der Waals surface area contributed by atoms with Gasteiger partial charge >= 0.3 is 0 Å². The lowest BCUT2D eigenvalue weighted by molar-refractivity contribution is -0.909. The van der Waals surface area contributed by atoms with Crippen LogP contribution in [0.25, 0.3) is 0 Å². The van der Waals surface area contributed by atoms with Gasteiger partial charge in [-0.05, 0) is 29.8 Å². The van der Waals surface area contributed by atoms with Crippen molar-refractivity contribution in [2.45, 2.75) is 10.9 Å². The van der Waals surface area contributed by atoms with Crippen LogP contribution in [0.5, 0.6) is 0 Å². The maximum Gasteiger partial charge on any atom is 0.241 e. The Labute approximate surface area is 154 Å². The Morgan fingerprint density at radius 1 is 1.08 bits per heavy atom. The van der Waals surface area contributed by atoms with Gasteiger partial charge in [0, 0.05) is 0 Å². The number of nitrogens with one attached hydrogen (secondary N) is 2. The van der Waals surface area contributed by atoms with Gasteiger partial charge in [0.05, 0.1) is 42.3 Å². The average Bonchev–Trinajstić information content (AvgIpc) is 2.69. The van der Waals surface area contributed by atoms with Gasteiger partial charge in [-0.2, -0.15) is 9.98 Å². The van der Waals surface area contributed by atoms with Crippen LogP contribution in [-0.2, 0) is 14.8 Å². The van der Waals surface area contributed by atoms with Crippen molar-refractivity contribution in [1.82, 2.24) is 4.72 Å². The molecule has 1 fully saturated rings. The number of hydrogen-bond donors (Lipinski definition) is 2. The minimum Gasteiger partial charge on any atom is -0.370 e. The van der Waals surface area contributed by atoms with Crippen molar-refractivity contribution in [3.63, 3.8) is 0 Å². The molecular weight excluding hydrogens is 350 g/mol. The highest BCUT2D eigenvalue weighted by molar-refractivity contribution is 7.89. The second-order valence-electron chi connectivity index (χ2n) is 6.29. The fraction of sp³-hybridized carbons (Fsp3) is 0.316. The Morgan fingerprint density at radius 2 is 1.73 bits per heavy atom. The summed E-state index contributed by atoms with van der Waals surface area (Å²) in [4.78, 5) is 1.47. The van der Waals surface area contributed by atoms with Crippen LogP contribution in [0.3, 0.4) is 0 Å². The molecule has 0 saturated carbocycles. The van der Waals surface area contributed by atoms with Crippen LogP contribution in [0, 0.1) is 11.3 Å². The van der Waals surface area contributed by atoms with Gasteiger partial charge in [0.1, 0.15) is 13.1 Å². The van der Waals surface area contributed by atoms with E-state index in [4.69, 9.17) is 10.00 Å². The van der Waals surface area contributed by atoms with Crippen LogP contribution >= 0.6 is 0 Å². The van der Waals surface area contributed by atoms with Crippen molar-refractivity contribution < 1.29 is 18.1 Å². The Kier molecular flexibility index (Phi) is 6.01. The van der Waals surface area contributed by atoms with E-state index in [-0.39, 0.29) is 10.9 Å². The largest absolute Gasteiger partial charge is 0.370 e. The Hall–Kier alpha value is -2.24. The lowest BCUT2D eigenvalue weighted by Crippen LogP contribution is -3.14. The van der Waals surface area contributed by atoms with Gasteiger partial charge in [-0.1, -0.05) is 30.3 Å². The lowest BCUT2D eigenvalue weighted by atomic mass is 10.1. The summed E-state index contributed by atoms with van der Waals surface area (Å²) in [5, 5.41) is 8.88. The van der Waals surface area contributed by atoms with Crippen LogP contribution in [0.15, 0.2) is 59.5 Å². The first-order valence-electron chi connectivity index (χ1n) is 8.57. The molecule has 26 heavy (non-hydrogen) atoms. The SMILES string of the molecule is N#Cc1ccc(S(=O)(=O)N[C@H](C[NH+]2CCOCC2)c2ccccc2)cc1. The van der Waals surface area contributed by atoms with Crippen LogP contribution < -0.4 is 9.62 Å². The average molecular weight is 372 g/mol. The summed E-state index contributed by atoms with van der Waals surface area (Å²) in [6, 6.07) is 17.2. The van der Waals surface area contributed by atoms with Crippen molar-refractivity contribution in [2.24, 2.45) is 0 Å². The second-order valence-corrected chi connectivity index (χ2v) is 8.00. The topological polar surface area (TPSA) is 83.6 Å². The molecule has 0 aliphatic carbocycles. The third-order valence-corrected chi connectivity index (χ3v) is 5.97. The summed E-state index contributed by atoms with van der Waals surface area (Å²) in [5.74, 6) is 0. The van der Waals surface area contributed by atoms with E-state index in [1.54, 1.807) is 0 Å². The standard InChI is InChI=1S/C19H21N3O3S/c20-14-16-6-8-18(9-7-16)26(23,24)21-19(17-4-2-1-3-5-17)15-22-10-12-25-13-11-22/h1-9,19,21H,10-13,15H2/p+1/t19-/m1/s1. The zero-order chi connectivity index (χ0) is 18.4. The van der Waals surface area contributed by atoms with E-state index in [0.717, 1.165) is 18.7 Å². The maximum absolute atomic E-state index is 12.8. The summed E-state index contributed by atoms with van der Waals surface area (Å²) in [6.07, 6.45) is 0. The zero-order valence-electron chi connectivity index (χ0n) is 14.4.